The number of piperidine rings is 1. The molecule has 0 aromatic heterocycles. The van der Waals surface area contributed by atoms with Crippen LogP contribution in [-0.2, 0) is 0 Å². The zero-order chi connectivity index (χ0) is 10.4. The molecule has 3 N–H and O–H groups in total. The molecule has 0 aromatic carbocycles. The molecule has 0 bridgehead atoms. The van der Waals surface area contributed by atoms with E-state index in [2.05, 4.69) is 24.5 Å². The minimum Gasteiger partial charge on any atom is -0.396 e. The van der Waals surface area contributed by atoms with Crippen molar-refractivity contribution in [3.63, 3.8) is 0 Å². The predicted molar refractivity (Wildman–Crippen MR) is 66.6 cm³/mol. The molecule has 0 aromatic rings. The SMILES string of the molecule is CC(C)(CCO)NCC1CCCNC1.Cl. The summed E-state index contributed by atoms with van der Waals surface area (Å²) in [6, 6.07) is 0. The van der Waals surface area contributed by atoms with Crippen molar-refractivity contribution >= 4 is 12.4 Å². The maximum Gasteiger partial charge on any atom is 0.0448 e. The van der Waals surface area contributed by atoms with E-state index in [1.54, 1.807) is 0 Å². The van der Waals surface area contributed by atoms with Crippen LogP contribution in [0.4, 0.5) is 0 Å². The molecule has 0 aliphatic carbocycles. The van der Waals surface area contributed by atoms with Crippen molar-refractivity contribution in [1.29, 1.82) is 0 Å². The third-order valence-electron chi connectivity index (χ3n) is 3.01. The summed E-state index contributed by atoms with van der Waals surface area (Å²) in [6.07, 6.45) is 3.45. The smallest absolute Gasteiger partial charge is 0.0448 e. The summed E-state index contributed by atoms with van der Waals surface area (Å²) in [7, 11) is 0. The van der Waals surface area contributed by atoms with Crippen LogP contribution in [0.25, 0.3) is 0 Å². The quantitative estimate of drug-likeness (QED) is 0.671. The fourth-order valence-electron chi connectivity index (χ4n) is 1.89. The highest BCUT2D eigenvalue weighted by atomic mass is 35.5. The van der Waals surface area contributed by atoms with E-state index >= 15 is 0 Å². The van der Waals surface area contributed by atoms with Crippen LogP contribution in [0.1, 0.15) is 33.1 Å². The van der Waals surface area contributed by atoms with Gasteiger partial charge in [-0.2, -0.15) is 0 Å². The topological polar surface area (TPSA) is 44.3 Å². The molecule has 1 aliphatic rings. The third-order valence-corrected chi connectivity index (χ3v) is 3.01. The summed E-state index contributed by atoms with van der Waals surface area (Å²) in [5, 5.41) is 15.8. The number of aliphatic hydroxyl groups excluding tert-OH is 1. The van der Waals surface area contributed by atoms with Crippen molar-refractivity contribution in [2.24, 2.45) is 5.92 Å². The molecular formula is C11H25ClN2O. The highest BCUT2D eigenvalue weighted by Gasteiger charge is 2.19. The van der Waals surface area contributed by atoms with Crippen LogP contribution < -0.4 is 10.6 Å². The summed E-state index contributed by atoms with van der Waals surface area (Å²) in [5.74, 6) is 0.765. The van der Waals surface area contributed by atoms with Gasteiger partial charge < -0.3 is 15.7 Å². The molecule has 92 valence electrons. The zero-order valence-electron chi connectivity index (χ0n) is 9.88. The minimum absolute atomic E-state index is 0. The molecule has 1 fully saturated rings. The van der Waals surface area contributed by atoms with Crippen LogP contribution in [0.2, 0.25) is 0 Å². The Hall–Kier alpha value is 0.170. The van der Waals surface area contributed by atoms with Crippen molar-refractivity contribution in [2.75, 3.05) is 26.2 Å². The Morgan fingerprint density at radius 1 is 1.47 bits per heavy atom. The molecule has 1 atom stereocenters. The van der Waals surface area contributed by atoms with Gasteiger partial charge in [-0.1, -0.05) is 0 Å². The van der Waals surface area contributed by atoms with Crippen LogP contribution in [0.5, 0.6) is 0 Å². The number of rotatable bonds is 5. The van der Waals surface area contributed by atoms with Crippen molar-refractivity contribution in [3.05, 3.63) is 0 Å². The number of hydrogen-bond acceptors (Lipinski definition) is 3. The van der Waals surface area contributed by atoms with E-state index in [4.69, 9.17) is 5.11 Å². The zero-order valence-corrected chi connectivity index (χ0v) is 10.7. The normalized spacial score (nSPS) is 22.2. The average Bonchev–Trinajstić information content (AvgIpc) is 2.17. The molecule has 1 aliphatic heterocycles. The van der Waals surface area contributed by atoms with Gasteiger partial charge in [0.25, 0.3) is 0 Å². The lowest BCUT2D eigenvalue weighted by Gasteiger charge is -2.30. The number of aliphatic hydroxyl groups is 1. The van der Waals surface area contributed by atoms with Gasteiger partial charge >= 0.3 is 0 Å². The van der Waals surface area contributed by atoms with Crippen molar-refractivity contribution in [2.45, 2.75) is 38.6 Å². The largest absolute Gasteiger partial charge is 0.396 e. The van der Waals surface area contributed by atoms with Crippen molar-refractivity contribution in [1.82, 2.24) is 10.6 Å². The van der Waals surface area contributed by atoms with Gasteiger partial charge in [0.2, 0.25) is 0 Å². The van der Waals surface area contributed by atoms with E-state index in [0.717, 1.165) is 25.4 Å². The molecule has 15 heavy (non-hydrogen) atoms. The summed E-state index contributed by atoms with van der Waals surface area (Å²) < 4.78 is 0. The second-order valence-corrected chi connectivity index (χ2v) is 4.95. The van der Waals surface area contributed by atoms with E-state index in [-0.39, 0.29) is 24.6 Å². The summed E-state index contributed by atoms with van der Waals surface area (Å²) in [4.78, 5) is 0. The fraction of sp³-hybridized carbons (Fsp3) is 1.00. The molecule has 3 nitrogen and oxygen atoms in total. The monoisotopic (exact) mass is 236 g/mol. The molecule has 0 amide bonds. The van der Waals surface area contributed by atoms with E-state index < -0.39 is 0 Å². The second-order valence-electron chi connectivity index (χ2n) is 4.95. The molecule has 1 saturated heterocycles. The lowest BCUT2D eigenvalue weighted by Crippen LogP contribution is -2.45. The van der Waals surface area contributed by atoms with Crippen LogP contribution in [0, 0.1) is 5.92 Å². The van der Waals surface area contributed by atoms with E-state index in [0.29, 0.717) is 0 Å². The Balaban J connectivity index is 0.00000196. The highest BCUT2D eigenvalue weighted by molar-refractivity contribution is 5.85. The Morgan fingerprint density at radius 3 is 2.73 bits per heavy atom. The van der Waals surface area contributed by atoms with Gasteiger partial charge in [0.15, 0.2) is 0 Å². The second kappa shape index (κ2) is 7.44. The third kappa shape index (κ3) is 6.36. The molecular weight excluding hydrogens is 212 g/mol. The van der Waals surface area contributed by atoms with Crippen molar-refractivity contribution in [3.8, 4) is 0 Å². The van der Waals surface area contributed by atoms with Crippen LogP contribution in [-0.4, -0.2) is 36.9 Å². The Bertz CT molecular complexity index is 159. The first-order chi connectivity index (χ1) is 6.64. The molecule has 0 saturated carbocycles. The van der Waals surface area contributed by atoms with Crippen LogP contribution >= 0.6 is 12.4 Å². The Labute approximate surface area is 99.4 Å². The van der Waals surface area contributed by atoms with E-state index in [1.807, 2.05) is 0 Å². The fourth-order valence-corrected chi connectivity index (χ4v) is 1.89. The number of hydrogen-bond donors (Lipinski definition) is 3. The van der Waals surface area contributed by atoms with E-state index in [9.17, 15) is 0 Å². The van der Waals surface area contributed by atoms with Crippen LogP contribution in [0.3, 0.4) is 0 Å². The maximum absolute atomic E-state index is 8.89. The van der Waals surface area contributed by atoms with Gasteiger partial charge in [0.05, 0.1) is 0 Å². The first-order valence-electron chi connectivity index (χ1n) is 5.71. The summed E-state index contributed by atoms with van der Waals surface area (Å²) in [6.45, 7) is 7.96. The summed E-state index contributed by atoms with van der Waals surface area (Å²) in [5.41, 5.74) is 0.0756. The van der Waals surface area contributed by atoms with Gasteiger partial charge in [-0.25, -0.2) is 0 Å². The van der Waals surface area contributed by atoms with Gasteiger partial charge in [0, 0.05) is 12.1 Å². The van der Waals surface area contributed by atoms with Crippen LogP contribution in [0.15, 0.2) is 0 Å². The first-order valence-corrected chi connectivity index (χ1v) is 5.71. The molecule has 1 unspecified atom stereocenters. The molecule has 1 rings (SSSR count). The Kier molecular flexibility index (Phi) is 7.53. The summed E-state index contributed by atoms with van der Waals surface area (Å²) >= 11 is 0. The Morgan fingerprint density at radius 2 is 2.20 bits per heavy atom. The first kappa shape index (κ1) is 15.2. The van der Waals surface area contributed by atoms with Gasteiger partial charge in [0.1, 0.15) is 0 Å². The van der Waals surface area contributed by atoms with Gasteiger partial charge in [-0.15, -0.1) is 12.4 Å². The highest BCUT2D eigenvalue weighted by Crippen LogP contribution is 2.12. The van der Waals surface area contributed by atoms with Gasteiger partial charge in [-0.3, -0.25) is 0 Å². The number of nitrogens with one attached hydrogen (secondary N) is 2. The maximum atomic E-state index is 8.89. The number of halogens is 1. The van der Waals surface area contributed by atoms with Gasteiger partial charge in [-0.05, 0) is 58.7 Å². The molecule has 0 spiro atoms. The lowest BCUT2D eigenvalue weighted by atomic mass is 9.96. The average molecular weight is 237 g/mol. The van der Waals surface area contributed by atoms with E-state index in [1.165, 1.54) is 19.4 Å². The lowest BCUT2D eigenvalue weighted by molar-refractivity contribution is 0.220. The predicted octanol–water partition coefficient (Wildman–Crippen LogP) is 1.16. The molecule has 0 radical (unpaired) electrons. The standard InChI is InChI=1S/C11H24N2O.ClH/c1-11(2,5-7-14)13-9-10-4-3-6-12-8-10;/h10,12-14H,3-9H2,1-2H3;1H. The minimum atomic E-state index is 0. The molecule has 1 heterocycles. The molecule has 4 heteroatoms. The van der Waals surface area contributed by atoms with Crippen molar-refractivity contribution < 1.29 is 5.11 Å².